The topological polar surface area (TPSA) is 81.9 Å². The Bertz CT molecular complexity index is 1470. The minimum Gasteiger partial charge on any atom is -0.496 e. The molecule has 4 aromatic rings. The molecule has 0 atom stereocenters. The lowest BCUT2D eigenvalue weighted by Gasteiger charge is -2.14. The largest absolute Gasteiger partial charge is 0.496 e. The van der Waals surface area contributed by atoms with E-state index < -0.39 is 0 Å². The maximum Gasteiger partial charge on any atom is 0.337 e. The van der Waals surface area contributed by atoms with Gasteiger partial charge in [0.25, 0.3) is 5.91 Å². The van der Waals surface area contributed by atoms with Gasteiger partial charge < -0.3 is 14.0 Å². The van der Waals surface area contributed by atoms with Crippen molar-refractivity contribution >= 4 is 28.9 Å². The van der Waals surface area contributed by atoms with Gasteiger partial charge in [-0.25, -0.2) is 10.2 Å². The maximum atomic E-state index is 12.9. The van der Waals surface area contributed by atoms with Crippen LogP contribution >= 0.6 is 0 Å². The lowest BCUT2D eigenvalue weighted by atomic mass is 10.1. The summed E-state index contributed by atoms with van der Waals surface area (Å²) in [5.74, 6) is -0.267. The minimum absolute atomic E-state index is 0.362. The summed E-state index contributed by atoms with van der Waals surface area (Å²) in [4.78, 5) is 24.9. The van der Waals surface area contributed by atoms with E-state index in [1.54, 1.807) is 18.3 Å². The highest BCUT2D eigenvalue weighted by molar-refractivity contribution is 6.02. The molecule has 0 saturated carbocycles. The third kappa shape index (κ3) is 4.66. The molecule has 7 nitrogen and oxygen atoms in total. The fourth-order valence-electron chi connectivity index (χ4n) is 4.17. The second kappa shape index (κ2) is 9.85. The molecule has 0 radical (unpaired) electrons. The molecule has 0 aliphatic carbocycles. The van der Waals surface area contributed by atoms with E-state index >= 15 is 0 Å². The van der Waals surface area contributed by atoms with Crippen LogP contribution in [0.25, 0.3) is 16.5 Å². The van der Waals surface area contributed by atoms with Gasteiger partial charge in [-0.1, -0.05) is 30.3 Å². The zero-order valence-electron chi connectivity index (χ0n) is 20.4. The summed E-state index contributed by atoms with van der Waals surface area (Å²) in [6.07, 6.45) is 1.61. The molecule has 1 heterocycles. The zero-order chi connectivity index (χ0) is 25.1. The Hall–Kier alpha value is -4.39. The van der Waals surface area contributed by atoms with Crippen molar-refractivity contribution in [3.8, 4) is 11.4 Å². The number of benzene rings is 3. The number of nitrogens with one attached hydrogen (secondary N) is 1. The molecule has 1 aromatic heterocycles. The number of methoxy groups -OCH3 is 2. The smallest absolute Gasteiger partial charge is 0.337 e. The van der Waals surface area contributed by atoms with E-state index in [1.807, 2.05) is 69.3 Å². The third-order valence-corrected chi connectivity index (χ3v) is 6.02. The Morgan fingerprint density at radius 1 is 0.943 bits per heavy atom. The molecule has 0 fully saturated rings. The number of carbonyl (C=O) groups excluding carboxylic acids is 2. The number of amides is 1. The number of rotatable bonds is 6. The normalized spacial score (nSPS) is 11.1. The molecule has 1 amide bonds. The summed E-state index contributed by atoms with van der Waals surface area (Å²) < 4.78 is 12.3. The van der Waals surface area contributed by atoms with Gasteiger partial charge in [-0.15, -0.1) is 0 Å². The highest BCUT2D eigenvalue weighted by Gasteiger charge is 2.16. The van der Waals surface area contributed by atoms with E-state index in [9.17, 15) is 9.59 Å². The van der Waals surface area contributed by atoms with Crippen molar-refractivity contribution in [2.45, 2.75) is 20.8 Å². The number of ether oxygens (including phenoxy) is 2. The van der Waals surface area contributed by atoms with E-state index in [-0.39, 0.29) is 11.9 Å². The minimum atomic E-state index is -0.387. The van der Waals surface area contributed by atoms with Gasteiger partial charge in [-0.3, -0.25) is 4.79 Å². The monoisotopic (exact) mass is 469 g/mol. The van der Waals surface area contributed by atoms with Crippen LogP contribution in [0.15, 0.2) is 65.8 Å². The van der Waals surface area contributed by atoms with Crippen LogP contribution in [0, 0.1) is 20.8 Å². The predicted octanol–water partition coefficient (Wildman–Crippen LogP) is 5.11. The van der Waals surface area contributed by atoms with Gasteiger partial charge in [-0.05, 0) is 67.4 Å². The van der Waals surface area contributed by atoms with Gasteiger partial charge in [-0.2, -0.15) is 5.10 Å². The van der Waals surface area contributed by atoms with Crippen molar-refractivity contribution in [3.05, 3.63) is 94.3 Å². The van der Waals surface area contributed by atoms with E-state index in [4.69, 9.17) is 9.47 Å². The molecule has 178 valence electrons. The average molecular weight is 470 g/mol. The van der Waals surface area contributed by atoms with Gasteiger partial charge >= 0.3 is 5.97 Å². The number of esters is 1. The molecule has 0 aliphatic rings. The van der Waals surface area contributed by atoms with Crippen LogP contribution in [0.3, 0.4) is 0 Å². The summed E-state index contributed by atoms with van der Waals surface area (Å²) in [6.45, 7) is 5.93. The SMILES string of the molecule is COC(=O)c1ccc(C)c(-n2c(C)cc(C=NNC(=O)c3cc4ccccc4cc3OC)c2C)c1. The molecular weight excluding hydrogens is 442 g/mol. The molecule has 1 N–H and O–H groups in total. The quantitative estimate of drug-likeness (QED) is 0.242. The van der Waals surface area contributed by atoms with Crippen LogP contribution < -0.4 is 10.2 Å². The number of aromatic nitrogens is 1. The fraction of sp³-hybridized carbons (Fsp3) is 0.179. The Morgan fingerprint density at radius 3 is 2.34 bits per heavy atom. The third-order valence-electron chi connectivity index (χ3n) is 6.02. The lowest BCUT2D eigenvalue weighted by Crippen LogP contribution is -2.18. The summed E-state index contributed by atoms with van der Waals surface area (Å²) in [7, 11) is 2.90. The van der Waals surface area contributed by atoms with Gasteiger partial charge in [0.1, 0.15) is 5.75 Å². The van der Waals surface area contributed by atoms with Crippen molar-refractivity contribution < 1.29 is 19.1 Å². The summed E-state index contributed by atoms with van der Waals surface area (Å²) in [5, 5.41) is 6.13. The summed E-state index contributed by atoms with van der Waals surface area (Å²) >= 11 is 0. The average Bonchev–Trinajstić information content (AvgIpc) is 3.15. The molecule has 4 rings (SSSR count). The molecule has 3 aromatic carbocycles. The van der Waals surface area contributed by atoms with E-state index in [0.29, 0.717) is 16.9 Å². The van der Waals surface area contributed by atoms with Crippen molar-refractivity contribution in [1.29, 1.82) is 0 Å². The van der Waals surface area contributed by atoms with Crippen LogP contribution in [0.2, 0.25) is 0 Å². The molecular formula is C28H27N3O4. The van der Waals surface area contributed by atoms with Crippen molar-refractivity contribution in [3.63, 3.8) is 0 Å². The van der Waals surface area contributed by atoms with Crippen LogP contribution in [0.5, 0.6) is 5.75 Å². The predicted molar refractivity (Wildman–Crippen MR) is 137 cm³/mol. The van der Waals surface area contributed by atoms with Crippen molar-refractivity contribution in [1.82, 2.24) is 9.99 Å². The molecule has 0 unspecified atom stereocenters. The first kappa shape index (κ1) is 23.8. The maximum absolute atomic E-state index is 12.9. The van der Waals surface area contributed by atoms with Gasteiger partial charge in [0.2, 0.25) is 0 Å². The van der Waals surface area contributed by atoms with Gasteiger partial charge in [0.15, 0.2) is 0 Å². The first-order valence-corrected chi connectivity index (χ1v) is 11.1. The number of fused-ring (bicyclic) bond motifs is 1. The number of hydrogen-bond acceptors (Lipinski definition) is 5. The molecule has 0 bridgehead atoms. The van der Waals surface area contributed by atoms with Crippen molar-refractivity contribution in [2.24, 2.45) is 5.10 Å². The summed E-state index contributed by atoms with van der Waals surface area (Å²) in [6, 6.07) is 18.8. The standard InChI is InChI=1S/C28H27N3O4/c1-17-10-11-22(28(33)35-5)14-25(17)31-18(2)12-23(19(31)3)16-29-30-27(32)24-13-20-8-6-7-9-21(20)15-26(24)34-4/h6-16H,1-5H3,(H,30,32). The second-order valence-electron chi connectivity index (χ2n) is 8.25. The fourth-order valence-corrected chi connectivity index (χ4v) is 4.17. The molecule has 35 heavy (non-hydrogen) atoms. The first-order chi connectivity index (χ1) is 16.8. The first-order valence-electron chi connectivity index (χ1n) is 11.1. The summed E-state index contributed by atoms with van der Waals surface area (Å²) in [5.41, 5.74) is 8.12. The molecule has 0 saturated heterocycles. The van der Waals surface area contributed by atoms with Crippen LogP contribution in [0.4, 0.5) is 0 Å². The lowest BCUT2D eigenvalue weighted by molar-refractivity contribution is 0.0600. The van der Waals surface area contributed by atoms with Crippen LogP contribution in [-0.2, 0) is 4.74 Å². The highest BCUT2D eigenvalue weighted by Crippen LogP contribution is 2.26. The van der Waals surface area contributed by atoms with E-state index in [2.05, 4.69) is 15.1 Å². The number of nitrogens with zero attached hydrogens (tertiary/aromatic N) is 2. The Morgan fingerprint density at radius 2 is 1.66 bits per heavy atom. The van der Waals surface area contributed by atoms with E-state index in [1.165, 1.54) is 14.2 Å². The Balaban J connectivity index is 1.60. The van der Waals surface area contributed by atoms with Crippen molar-refractivity contribution in [2.75, 3.05) is 14.2 Å². The van der Waals surface area contributed by atoms with Crippen LogP contribution in [0.1, 0.15) is 43.2 Å². The van der Waals surface area contributed by atoms with Crippen LogP contribution in [-0.4, -0.2) is 36.9 Å². The zero-order valence-corrected chi connectivity index (χ0v) is 20.4. The molecule has 7 heteroatoms. The Labute approximate surface area is 204 Å². The Kier molecular flexibility index (Phi) is 6.68. The number of hydrazone groups is 1. The second-order valence-corrected chi connectivity index (χ2v) is 8.25. The number of aryl methyl sites for hydroxylation is 2. The van der Waals surface area contributed by atoms with Gasteiger partial charge in [0, 0.05) is 22.6 Å². The molecule has 0 aliphatic heterocycles. The number of carbonyl (C=O) groups is 2. The number of hydrogen-bond donors (Lipinski definition) is 1. The van der Waals surface area contributed by atoms with E-state index in [0.717, 1.165) is 39.0 Å². The molecule has 0 spiro atoms. The highest BCUT2D eigenvalue weighted by atomic mass is 16.5. The van der Waals surface area contributed by atoms with Gasteiger partial charge in [0.05, 0.1) is 31.6 Å².